The van der Waals surface area contributed by atoms with Crippen LogP contribution in [0.15, 0.2) is 0 Å². The van der Waals surface area contributed by atoms with E-state index in [0.29, 0.717) is 12.1 Å². The monoisotopic (exact) mass is 338 g/mol. The smallest absolute Gasteiger partial charge is 0.410 e. The summed E-state index contributed by atoms with van der Waals surface area (Å²) in [5.41, 5.74) is -0.415. The lowest BCUT2D eigenvalue weighted by molar-refractivity contribution is 0.00786. The van der Waals surface area contributed by atoms with Crippen molar-refractivity contribution in [3.8, 4) is 0 Å². The Morgan fingerprint density at radius 1 is 1.21 bits per heavy atom. The van der Waals surface area contributed by atoms with E-state index in [1.54, 1.807) is 0 Å². The third kappa shape index (κ3) is 5.94. The van der Waals surface area contributed by atoms with Crippen molar-refractivity contribution in [3.63, 3.8) is 0 Å². The lowest BCUT2D eigenvalue weighted by Crippen LogP contribution is -2.48. The van der Waals surface area contributed by atoms with Gasteiger partial charge in [-0.15, -0.1) is 0 Å². The number of carbonyl (C=O) groups excluding carboxylic acids is 1. The van der Waals surface area contributed by atoms with Gasteiger partial charge in [0.1, 0.15) is 5.60 Å². The quantitative estimate of drug-likeness (QED) is 0.798. The van der Waals surface area contributed by atoms with E-state index in [9.17, 15) is 4.79 Å². The predicted molar refractivity (Wildman–Crippen MR) is 99.2 cm³/mol. The third-order valence-electron chi connectivity index (χ3n) is 5.65. The number of hydrogen-bond donors (Lipinski definition) is 1. The van der Waals surface area contributed by atoms with Crippen molar-refractivity contribution in [1.29, 1.82) is 0 Å². The molecule has 1 aliphatic carbocycles. The summed E-state index contributed by atoms with van der Waals surface area (Å²) in [5, 5.41) is 3.73. The van der Waals surface area contributed by atoms with Gasteiger partial charge in [-0.25, -0.2) is 4.79 Å². The maximum atomic E-state index is 12.5. The molecule has 4 nitrogen and oxygen atoms in total. The molecule has 0 radical (unpaired) electrons. The van der Waals surface area contributed by atoms with Gasteiger partial charge in [0.15, 0.2) is 0 Å². The molecule has 2 rings (SSSR count). The molecule has 1 N–H and O–H groups in total. The molecule has 4 unspecified atom stereocenters. The average Bonchev–Trinajstić information content (AvgIpc) is 2.89. The minimum absolute atomic E-state index is 0.135. The number of piperidine rings is 1. The summed E-state index contributed by atoms with van der Waals surface area (Å²) in [6.45, 7) is 12.4. The third-order valence-corrected chi connectivity index (χ3v) is 5.65. The average molecular weight is 339 g/mol. The molecule has 140 valence electrons. The lowest BCUT2D eigenvalue weighted by Gasteiger charge is -2.38. The first-order valence-corrected chi connectivity index (χ1v) is 9.99. The number of amides is 1. The van der Waals surface area contributed by atoms with Gasteiger partial charge in [-0.3, -0.25) is 0 Å². The molecular weight excluding hydrogens is 300 g/mol. The minimum atomic E-state index is -0.415. The molecule has 1 amide bonds. The summed E-state index contributed by atoms with van der Waals surface area (Å²) in [4.78, 5) is 14.5. The standard InChI is InChI=1S/C20H38N2O2/c1-15-9-8-10-17(15)14-21-16(2)13-18-11-6-7-12-22(18)19(23)24-20(3,4)5/h15-18,21H,6-14H2,1-5H3. The fourth-order valence-electron chi connectivity index (χ4n) is 4.18. The Kier molecular flexibility index (Phi) is 6.97. The Bertz CT molecular complexity index is 405. The zero-order valence-corrected chi connectivity index (χ0v) is 16.4. The van der Waals surface area contributed by atoms with Gasteiger partial charge in [-0.1, -0.05) is 19.8 Å². The molecule has 0 aromatic heterocycles. The number of hydrogen-bond acceptors (Lipinski definition) is 3. The number of carbonyl (C=O) groups is 1. The second-order valence-electron chi connectivity index (χ2n) is 9.04. The first-order valence-electron chi connectivity index (χ1n) is 9.99. The Balaban J connectivity index is 1.82. The Labute approximate surface area is 148 Å². The van der Waals surface area contributed by atoms with Gasteiger partial charge in [0.2, 0.25) is 0 Å². The summed E-state index contributed by atoms with van der Waals surface area (Å²) in [6, 6.07) is 0.767. The molecule has 0 aromatic rings. The highest BCUT2D eigenvalue weighted by molar-refractivity contribution is 5.68. The number of ether oxygens (including phenoxy) is 1. The summed E-state index contributed by atoms with van der Waals surface area (Å²) in [5.74, 6) is 1.69. The SMILES string of the molecule is CC(CC1CCCCN1C(=O)OC(C)(C)C)NCC1CCCC1C. The maximum absolute atomic E-state index is 12.5. The van der Waals surface area contributed by atoms with Gasteiger partial charge in [0, 0.05) is 18.6 Å². The molecule has 2 aliphatic rings. The van der Waals surface area contributed by atoms with Crippen LogP contribution in [0.5, 0.6) is 0 Å². The number of rotatable bonds is 5. The summed E-state index contributed by atoms with van der Waals surface area (Å²) in [7, 11) is 0. The highest BCUT2D eigenvalue weighted by atomic mass is 16.6. The Morgan fingerprint density at radius 2 is 1.96 bits per heavy atom. The van der Waals surface area contributed by atoms with Gasteiger partial charge >= 0.3 is 6.09 Å². The van der Waals surface area contributed by atoms with Crippen LogP contribution in [0.4, 0.5) is 4.79 Å². The predicted octanol–water partition coefficient (Wildman–Crippen LogP) is 4.58. The maximum Gasteiger partial charge on any atom is 0.410 e. The zero-order chi connectivity index (χ0) is 17.7. The second kappa shape index (κ2) is 8.55. The van der Waals surface area contributed by atoms with Crippen LogP contribution in [0, 0.1) is 11.8 Å². The van der Waals surface area contributed by atoms with Crippen molar-refractivity contribution in [2.75, 3.05) is 13.1 Å². The van der Waals surface area contributed by atoms with Crippen molar-refractivity contribution in [2.45, 2.75) is 97.2 Å². The van der Waals surface area contributed by atoms with Crippen LogP contribution in [0.3, 0.4) is 0 Å². The van der Waals surface area contributed by atoms with Gasteiger partial charge in [-0.05, 0) is 78.2 Å². The molecule has 1 heterocycles. The van der Waals surface area contributed by atoms with Crippen molar-refractivity contribution < 1.29 is 9.53 Å². The summed E-state index contributed by atoms with van der Waals surface area (Å²) in [6.07, 6.45) is 8.45. The normalized spacial score (nSPS) is 29.5. The minimum Gasteiger partial charge on any atom is -0.444 e. The molecule has 0 spiro atoms. The highest BCUT2D eigenvalue weighted by Crippen LogP contribution is 2.30. The van der Waals surface area contributed by atoms with Gasteiger partial charge < -0.3 is 15.0 Å². The Hall–Kier alpha value is -0.770. The van der Waals surface area contributed by atoms with E-state index in [1.165, 1.54) is 25.7 Å². The molecule has 24 heavy (non-hydrogen) atoms. The summed E-state index contributed by atoms with van der Waals surface area (Å²) < 4.78 is 5.61. The van der Waals surface area contributed by atoms with Crippen molar-refractivity contribution in [1.82, 2.24) is 10.2 Å². The number of nitrogens with zero attached hydrogens (tertiary/aromatic N) is 1. The van der Waals surface area contributed by atoms with E-state index < -0.39 is 5.60 Å². The van der Waals surface area contributed by atoms with Crippen LogP contribution < -0.4 is 5.32 Å². The lowest BCUT2D eigenvalue weighted by atomic mass is 9.95. The number of likely N-dealkylation sites (tertiary alicyclic amines) is 1. The molecular formula is C20H38N2O2. The fraction of sp³-hybridized carbons (Fsp3) is 0.950. The topological polar surface area (TPSA) is 41.6 Å². The molecule has 4 atom stereocenters. The van der Waals surface area contributed by atoms with Crippen LogP contribution in [0.25, 0.3) is 0 Å². The van der Waals surface area contributed by atoms with E-state index in [1.807, 2.05) is 25.7 Å². The second-order valence-corrected chi connectivity index (χ2v) is 9.04. The molecule has 2 fully saturated rings. The molecule has 0 aromatic carbocycles. The van der Waals surface area contributed by atoms with Crippen LogP contribution in [0.1, 0.15) is 79.6 Å². The molecule has 1 saturated heterocycles. The van der Waals surface area contributed by atoms with Crippen molar-refractivity contribution in [2.24, 2.45) is 11.8 Å². The number of nitrogens with one attached hydrogen (secondary N) is 1. The van der Waals surface area contributed by atoms with Gasteiger partial charge in [0.25, 0.3) is 0 Å². The summed E-state index contributed by atoms with van der Waals surface area (Å²) >= 11 is 0. The van der Waals surface area contributed by atoms with E-state index in [4.69, 9.17) is 4.74 Å². The zero-order valence-electron chi connectivity index (χ0n) is 16.4. The molecule has 1 saturated carbocycles. The van der Waals surface area contributed by atoms with E-state index >= 15 is 0 Å². The van der Waals surface area contributed by atoms with Crippen molar-refractivity contribution in [3.05, 3.63) is 0 Å². The first kappa shape index (κ1) is 19.6. The molecule has 0 bridgehead atoms. The largest absolute Gasteiger partial charge is 0.444 e. The van der Waals surface area contributed by atoms with Crippen LogP contribution >= 0.6 is 0 Å². The molecule has 4 heteroatoms. The van der Waals surface area contributed by atoms with Gasteiger partial charge in [0.05, 0.1) is 0 Å². The first-order chi connectivity index (χ1) is 11.3. The molecule has 1 aliphatic heterocycles. The fourth-order valence-corrected chi connectivity index (χ4v) is 4.18. The van der Waals surface area contributed by atoms with E-state index in [-0.39, 0.29) is 6.09 Å². The van der Waals surface area contributed by atoms with Crippen LogP contribution in [-0.4, -0.2) is 41.8 Å². The highest BCUT2D eigenvalue weighted by Gasteiger charge is 2.31. The van der Waals surface area contributed by atoms with Crippen LogP contribution in [0.2, 0.25) is 0 Å². The van der Waals surface area contributed by atoms with E-state index in [0.717, 1.165) is 44.2 Å². The van der Waals surface area contributed by atoms with Crippen LogP contribution in [-0.2, 0) is 4.74 Å². The van der Waals surface area contributed by atoms with Gasteiger partial charge in [-0.2, -0.15) is 0 Å². The Morgan fingerprint density at radius 3 is 2.58 bits per heavy atom. The van der Waals surface area contributed by atoms with Crippen molar-refractivity contribution >= 4 is 6.09 Å². The van der Waals surface area contributed by atoms with E-state index in [2.05, 4.69) is 19.2 Å².